The van der Waals surface area contributed by atoms with Crippen molar-refractivity contribution in [1.29, 1.82) is 0 Å². The molecule has 14 heavy (non-hydrogen) atoms. The Hall–Kier alpha value is -0.610. The van der Waals surface area contributed by atoms with Crippen molar-refractivity contribution in [3.8, 4) is 0 Å². The molecule has 0 saturated carbocycles. The van der Waals surface area contributed by atoms with E-state index in [-0.39, 0.29) is 12.1 Å². The van der Waals surface area contributed by atoms with Crippen LogP contribution in [0, 0.1) is 0 Å². The van der Waals surface area contributed by atoms with E-state index in [0.717, 1.165) is 25.7 Å². The van der Waals surface area contributed by atoms with Gasteiger partial charge in [0, 0.05) is 6.42 Å². The number of hydrogen-bond donors (Lipinski definition) is 2. The standard InChI is InChI=1S/C10H18O4/c11-9(12)6-3-5-8-4-1-2-7-10(13)14-8/h8-9,11-12H,1-7H2. The lowest BCUT2D eigenvalue weighted by molar-refractivity contribution is -0.148. The lowest BCUT2D eigenvalue weighted by atomic mass is 10.1. The lowest BCUT2D eigenvalue weighted by Crippen LogP contribution is -2.16. The Morgan fingerprint density at radius 2 is 2.21 bits per heavy atom. The molecule has 4 heteroatoms. The van der Waals surface area contributed by atoms with Gasteiger partial charge in [0.15, 0.2) is 6.29 Å². The fourth-order valence-corrected chi connectivity index (χ4v) is 1.68. The second-order valence-corrected chi connectivity index (χ2v) is 3.77. The second-order valence-electron chi connectivity index (χ2n) is 3.77. The summed E-state index contributed by atoms with van der Waals surface area (Å²) >= 11 is 0. The van der Waals surface area contributed by atoms with Crippen molar-refractivity contribution in [3.63, 3.8) is 0 Å². The number of carbonyl (C=O) groups excluding carboxylic acids is 1. The molecular weight excluding hydrogens is 184 g/mol. The van der Waals surface area contributed by atoms with E-state index in [0.29, 0.717) is 19.3 Å². The number of ether oxygens (including phenoxy) is 1. The first kappa shape index (κ1) is 11.5. The molecule has 1 fully saturated rings. The Morgan fingerprint density at radius 1 is 1.43 bits per heavy atom. The van der Waals surface area contributed by atoms with E-state index in [4.69, 9.17) is 14.9 Å². The maximum Gasteiger partial charge on any atom is 0.306 e. The fraction of sp³-hybridized carbons (Fsp3) is 0.900. The molecule has 1 aliphatic rings. The lowest BCUT2D eigenvalue weighted by Gasteiger charge is -2.14. The predicted molar refractivity (Wildman–Crippen MR) is 50.4 cm³/mol. The third-order valence-electron chi connectivity index (χ3n) is 2.44. The Morgan fingerprint density at radius 3 is 2.93 bits per heavy atom. The summed E-state index contributed by atoms with van der Waals surface area (Å²) in [5.41, 5.74) is 0. The molecule has 4 nitrogen and oxygen atoms in total. The smallest absolute Gasteiger partial charge is 0.306 e. The van der Waals surface area contributed by atoms with Gasteiger partial charge in [-0.25, -0.2) is 0 Å². The monoisotopic (exact) mass is 202 g/mol. The molecule has 0 aromatic heterocycles. The van der Waals surface area contributed by atoms with Crippen LogP contribution in [0.25, 0.3) is 0 Å². The van der Waals surface area contributed by atoms with Crippen molar-refractivity contribution in [2.75, 3.05) is 0 Å². The molecule has 0 aliphatic carbocycles. The van der Waals surface area contributed by atoms with Gasteiger partial charge in [0.2, 0.25) is 0 Å². The topological polar surface area (TPSA) is 66.8 Å². The first-order chi connectivity index (χ1) is 6.68. The predicted octanol–water partition coefficient (Wildman–Crippen LogP) is 0.953. The van der Waals surface area contributed by atoms with Crippen LogP contribution in [-0.4, -0.2) is 28.6 Å². The Bertz CT molecular complexity index is 179. The van der Waals surface area contributed by atoms with Gasteiger partial charge in [-0.05, 0) is 38.5 Å². The summed E-state index contributed by atoms with van der Waals surface area (Å²) < 4.78 is 5.19. The number of rotatable bonds is 4. The van der Waals surface area contributed by atoms with Crippen molar-refractivity contribution < 1.29 is 19.7 Å². The normalized spacial score (nSPS) is 23.4. The number of cyclic esters (lactones) is 1. The van der Waals surface area contributed by atoms with E-state index in [1.54, 1.807) is 0 Å². The maximum absolute atomic E-state index is 11.1. The highest BCUT2D eigenvalue weighted by Crippen LogP contribution is 2.18. The zero-order chi connectivity index (χ0) is 10.4. The molecule has 1 rings (SSSR count). The third-order valence-corrected chi connectivity index (χ3v) is 2.44. The molecule has 0 spiro atoms. The van der Waals surface area contributed by atoms with Crippen molar-refractivity contribution >= 4 is 5.97 Å². The largest absolute Gasteiger partial charge is 0.462 e. The minimum absolute atomic E-state index is 0.0104. The van der Waals surface area contributed by atoms with Gasteiger partial charge in [0.05, 0.1) is 0 Å². The zero-order valence-corrected chi connectivity index (χ0v) is 8.32. The second kappa shape index (κ2) is 5.98. The van der Waals surface area contributed by atoms with Crippen molar-refractivity contribution in [2.45, 2.75) is 57.3 Å². The molecule has 1 unspecified atom stereocenters. The fourth-order valence-electron chi connectivity index (χ4n) is 1.68. The molecule has 0 aromatic carbocycles. The van der Waals surface area contributed by atoms with Crippen molar-refractivity contribution in [1.82, 2.24) is 0 Å². The Kier molecular flexibility index (Phi) is 4.90. The highest BCUT2D eigenvalue weighted by Gasteiger charge is 2.17. The summed E-state index contributed by atoms with van der Waals surface area (Å²) in [6.07, 6.45) is 3.91. The molecule has 0 radical (unpaired) electrons. The quantitative estimate of drug-likeness (QED) is 0.526. The van der Waals surface area contributed by atoms with Crippen LogP contribution >= 0.6 is 0 Å². The van der Waals surface area contributed by atoms with Crippen LogP contribution in [0.2, 0.25) is 0 Å². The van der Waals surface area contributed by atoms with Gasteiger partial charge in [-0.15, -0.1) is 0 Å². The zero-order valence-electron chi connectivity index (χ0n) is 8.32. The summed E-state index contributed by atoms with van der Waals surface area (Å²) in [7, 11) is 0. The molecular formula is C10H18O4. The molecule has 0 aromatic rings. The van der Waals surface area contributed by atoms with Gasteiger partial charge < -0.3 is 14.9 Å². The summed E-state index contributed by atoms with van der Waals surface area (Å²) in [6, 6.07) is 0. The molecule has 1 saturated heterocycles. The molecule has 82 valence electrons. The van der Waals surface area contributed by atoms with E-state index in [1.807, 2.05) is 0 Å². The Labute approximate surface area is 83.9 Å². The number of hydrogen-bond acceptors (Lipinski definition) is 4. The van der Waals surface area contributed by atoms with Crippen LogP contribution in [0.5, 0.6) is 0 Å². The summed E-state index contributed by atoms with van der Waals surface area (Å²) in [6.45, 7) is 0. The molecule has 2 N–H and O–H groups in total. The minimum Gasteiger partial charge on any atom is -0.462 e. The number of aliphatic hydroxyl groups excluding tert-OH is 1. The summed E-state index contributed by atoms with van der Waals surface area (Å²) in [4.78, 5) is 11.1. The van der Waals surface area contributed by atoms with Gasteiger partial charge >= 0.3 is 5.97 Å². The van der Waals surface area contributed by atoms with E-state index in [9.17, 15) is 4.79 Å². The van der Waals surface area contributed by atoms with Crippen molar-refractivity contribution in [3.05, 3.63) is 0 Å². The summed E-state index contributed by atoms with van der Waals surface area (Å²) in [5.74, 6) is -0.114. The highest BCUT2D eigenvalue weighted by molar-refractivity contribution is 5.69. The van der Waals surface area contributed by atoms with Gasteiger partial charge in [-0.2, -0.15) is 0 Å². The van der Waals surface area contributed by atoms with E-state index in [1.165, 1.54) is 0 Å². The van der Waals surface area contributed by atoms with Crippen LogP contribution in [-0.2, 0) is 9.53 Å². The molecule has 0 bridgehead atoms. The average molecular weight is 202 g/mol. The van der Waals surface area contributed by atoms with Crippen LogP contribution in [0.15, 0.2) is 0 Å². The van der Waals surface area contributed by atoms with E-state index < -0.39 is 6.29 Å². The van der Waals surface area contributed by atoms with E-state index in [2.05, 4.69) is 0 Å². The Balaban J connectivity index is 2.18. The van der Waals surface area contributed by atoms with Crippen LogP contribution < -0.4 is 0 Å². The molecule has 1 atom stereocenters. The number of esters is 1. The number of carbonyl (C=O) groups is 1. The third kappa shape index (κ3) is 4.58. The maximum atomic E-state index is 11.1. The van der Waals surface area contributed by atoms with Gasteiger partial charge in [0.1, 0.15) is 6.10 Å². The van der Waals surface area contributed by atoms with Crippen LogP contribution in [0.3, 0.4) is 0 Å². The molecule has 1 heterocycles. The van der Waals surface area contributed by atoms with E-state index >= 15 is 0 Å². The van der Waals surface area contributed by atoms with Gasteiger partial charge in [-0.3, -0.25) is 4.79 Å². The first-order valence-electron chi connectivity index (χ1n) is 5.24. The molecule has 1 aliphatic heterocycles. The highest BCUT2D eigenvalue weighted by atomic mass is 16.5. The molecule has 0 amide bonds. The summed E-state index contributed by atoms with van der Waals surface area (Å²) in [5, 5.41) is 17.3. The average Bonchev–Trinajstić information content (AvgIpc) is 2.29. The van der Waals surface area contributed by atoms with Crippen LogP contribution in [0.1, 0.15) is 44.9 Å². The van der Waals surface area contributed by atoms with Gasteiger partial charge in [-0.1, -0.05) is 0 Å². The van der Waals surface area contributed by atoms with Crippen LogP contribution in [0.4, 0.5) is 0 Å². The first-order valence-corrected chi connectivity index (χ1v) is 5.24. The number of aliphatic hydroxyl groups is 2. The van der Waals surface area contributed by atoms with Crippen molar-refractivity contribution in [2.24, 2.45) is 0 Å². The minimum atomic E-state index is -1.24. The SMILES string of the molecule is O=C1CCCCC(CCCC(O)O)O1. The van der Waals surface area contributed by atoms with Gasteiger partial charge in [0.25, 0.3) is 0 Å².